The van der Waals surface area contributed by atoms with Crippen LogP contribution in [-0.4, -0.2) is 4.90 Å². The molecule has 1 aliphatic rings. The second kappa shape index (κ2) is 5.55. The van der Waals surface area contributed by atoms with Crippen molar-refractivity contribution in [1.82, 2.24) is 4.90 Å². The molecule has 2 aromatic carbocycles. The van der Waals surface area contributed by atoms with E-state index in [1.807, 2.05) is 12.1 Å². The Labute approximate surface area is 124 Å². The molecule has 1 nitrogen and oxygen atoms in total. The van der Waals surface area contributed by atoms with Gasteiger partial charge in [0.2, 0.25) is 0 Å². The summed E-state index contributed by atoms with van der Waals surface area (Å²) in [6.07, 6.45) is 1.00. The van der Waals surface area contributed by atoms with Crippen molar-refractivity contribution in [3.63, 3.8) is 0 Å². The van der Waals surface area contributed by atoms with Crippen molar-refractivity contribution in [3.8, 4) is 0 Å². The summed E-state index contributed by atoms with van der Waals surface area (Å²) in [7, 11) is 0. The lowest BCUT2D eigenvalue weighted by atomic mass is 10.1. The van der Waals surface area contributed by atoms with E-state index < -0.39 is 0 Å². The van der Waals surface area contributed by atoms with Gasteiger partial charge in [0.05, 0.1) is 0 Å². The number of halogens is 2. The van der Waals surface area contributed by atoms with Crippen LogP contribution in [0, 0.1) is 5.82 Å². The number of hydrogen-bond acceptors (Lipinski definition) is 1. The van der Waals surface area contributed by atoms with E-state index in [0.717, 1.165) is 36.6 Å². The van der Waals surface area contributed by atoms with Crippen LogP contribution < -0.4 is 0 Å². The highest BCUT2D eigenvalue weighted by Crippen LogP contribution is 2.31. The molecule has 0 aromatic heterocycles. The molecular formula is C17H17ClFN. The quantitative estimate of drug-likeness (QED) is 0.801. The smallest absolute Gasteiger partial charge is 0.123 e. The third kappa shape index (κ3) is 2.72. The molecule has 0 aliphatic carbocycles. The van der Waals surface area contributed by atoms with Gasteiger partial charge in [0.25, 0.3) is 0 Å². The van der Waals surface area contributed by atoms with E-state index >= 15 is 0 Å². The van der Waals surface area contributed by atoms with Crippen LogP contribution >= 0.6 is 11.6 Å². The Bertz CT molecular complexity index is 622. The van der Waals surface area contributed by atoms with Gasteiger partial charge >= 0.3 is 0 Å². The van der Waals surface area contributed by atoms with E-state index in [1.165, 1.54) is 28.8 Å². The van der Waals surface area contributed by atoms with E-state index in [2.05, 4.69) is 24.0 Å². The zero-order valence-corrected chi connectivity index (χ0v) is 12.3. The molecule has 0 bridgehead atoms. The van der Waals surface area contributed by atoms with Gasteiger partial charge in [0.1, 0.15) is 5.82 Å². The third-order valence-corrected chi connectivity index (χ3v) is 4.19. The molecule has 0 atom stereocenters. The topological polar surface area (TPSA) is 3.24 Å². The Morgan fingerprint density at radius 3 is 2.55 bits per heavy atom. The monoisotopic (exact) mass is 289 g/mol. The zero-order valence-electron chi connectivity index (χ0n) is 11.5. The molecule has 104 valence electrons. The normalized spacial score (nSPS) is 14.6. The Morgan fingerprint density at radius 2 is 1.85 bits per heavy atom. The van der Waals surface area contributed by atoms with Gasteiger partial charge in [0, 0.05) is 24.7 Å². The van der Waals surface area contributed by atoms with E-state index in [9.17, 15) is 4.39 Å². The Balaban J connectivity index is 1.77. The molecule has 0 saturated carbocycles. The van der Waals surface area contributed by atoms with E-state index in [0.29, 0.717) is 0 Å². The largest absolute Gasteiger partial charge is 0.291 e. The fraction of sp³-hybridized carbons (Fsp3) is 0.294. The molecule has 1 aliphatic heterocycles. The summed E-state index contributed by atoms with van der Waals surface area (Å²) < 4.78 is 12.9. The first kappa shape index (κ1) is 13.6. The molecule has 1 heterocycles. The Kier molecular flexibility index (Phi) is 3.77. The summed E-state index contributed by atoms with van der Waals surface area (Å²) in [5.74, 6) is -0.186. The van der Waals surface area contributed by atoms with Gasteiger partial charge in [-0.05, 0) is 46.9 Å². The molecule has 0 amide bonds. The first-order valence-corrected chi connectivity index (χ1v) is 7.30. The summed E-state index contributed by atoms with van der Waals surface area (Å²) in [4.78, 5) is 2.34. The Hall–Kier alpha value is -1.38. The highest BCUT2D eigenvalue weighted by Gasteiger charge is 2.21. The van der Waals surface area contributed by atoms with Crippen LogP contribution in [0.5, 0.6) is 0 Å². The summed E-state index contributed by atoms with van der Waals surface area (Å²) >= 11 is 6.37. The van der Waals surface area contributed by atoms with E-state index in [-0.39, 0.29) is 5.82 Å². The standard InChI is InChI=1S/C17H17ClFN/c1-2-12-7-14-10-20(11-16(14)17(18)8-12)9-13-3-5-15(19)6-4-13/h3-8H,2,9-11H2,1H3. The SMILES string of the molecule is CCc1cc(Cl)c2c(c1)CN(Cc1ccc(F)cc1)C2. The third-order valence-electron chi connectivity index (χ3n) is 3.85. The highest BCUT2D eigenvalue weighted by atomic mass is 35.5. The summed E-state index contributed by atoms with van der Waals surface area (Å²) in [5, 5.41) is 0.876. The van der Waals surface area contributed by atoms with Crippen molar-refractivity contribution < 1.29 is 4.39 Å². The van der Waals surface area contributed by atoms with Gasteiger partial charge in [0.15, 0.2) is 0 Å². The average molecular weight is 290 g/mol. The van der Waals surface area contributed by atoms with E-state index in [1.54, 1.807) is 0 Å². The van der Waals surface area contributed by atoms with Crippen molar-refractivity contribution in [2.45, 2.75) is 33.0 Å². The van der Waals surface area contributed by atoms with Crippen molar-refractivity contribution in [2.75, 3.05) is 0 Å². The van der Waals surface area contributed by atoms with Crippen molar-refractivity contribution in [3.05, 3.63) is 69.5 Å². The molecule has 0 N–H and O–H groups in total. The number of rotatable bonds is 3. The van der Waals surface area contributed by atoms with Gasteiger partial charge in [-0.1, -0.05) is 36.7 Å². The zero-order chi connectivity index (χ0) is 14.1. The van der Waals surface area contributed by atoms with Gasteiger partial charge < -0.3 is 0 Å². The maximum absolute atomic E-state index is 12.9. The lowest BCUT2D eigenvalue weighted by Crippen LogP contribution is -2.15. The molecule has 0 fully saturated rings. The number of benzene rings is 2. The second-order valence-corrected chi connectivity index (χ2v) is 5.75. The maximum Gasteiger partial charge on any atom is 0.123 e. The molecule has 2 aromatic rings. The van der Waals surface area contributed by atoms with Gasteiger partial charge in [-0.2, -0.15) is 0 Å². The molecular weight excluding hydrogens is 273 g/mol. The lowest BCUT2D eigenvalue weighted by Gasteiger charge is -2.14. The van der Waals surface area contributed by atoms with Crippen LogP contribution in [0.1, 0.15) is 29.2 Å². The maximum atomic E-state index is 12.9. The molecule has 0 spiro atoms. The first-order valence-electron chi connectivity index (χ1n) is 6.92. The van der Waals surface area contributed by atoms with Gasteiger partial charge in [-0.25, -0.2) is 4.39 Å². The van der Waals surface area contributed by atoms with Crippen molar-refractivity contribution >= 4 is 11.6 Å². The molecule has 0 unspecified atom stereocenters. The molecule has 3 rings (SSSR count). The van der Waals surface area contributed by atoms with Gasteiger partial charge in [-0.3, -0.25) is 4.90 Å². The van der Waals surface area contributed by atoms with Crippen molar-refractivity contribution in [1.29, 1.82) is 0 Å². The molecule has 0 saturated heterocycles. The number of aryl methyl sites for hydroxylation is 1. The predicted octanol–water partition coefficient (Wildman–Crippen LogP) is 4.56. The Morgan fingerprint density at radius 1 is 1.10 bits per heavy atom. The van der Waals surface area contributed by atoms with Crippen LogP contribution in [0.3, 0.4) is 0 Å². The highest BCUT2D eigenvalue weighted by molar-refractivity contribution is 6.31. The predicted molar refractivity (Wildman–Crippen MR) is 80.2 cm³/mol. The minimum absolute atomic E-state index is 0.186. The van der Waals surface area contributed by atoms with Crippen molar-refractivity contribution in [2.24, 2.45) is 0 Å². The molecule has 20 heavy (non-hydrogen) atoms. The summed E-state index contributed by atoms with van der Waals surface area (Å²) in [6.45, 7) is 4.76. The first-order chi connectivity index (χ1) is 9.65. The fourth-order valence-corrected chi connectivity index (χ4v) is 3.08. The fourth-order valence-electron chi connectivity index (χ4n) is 2.76. The second-order valence-electron chi connectivity index (χ2n) is 5.34. The molecule has 3 heteroatoms. The van der Waals surface area contributed by atoms with Crippen LogP contribution in [0.15, 0.2) is 36.4 Å². The van der Waals surface area contributed by atoms with Crippen LogP contribution in [0.25, 0.3) is 0 Å². The summed E-state index contributed by atoms with van der Waals surface area (Å²) in [5.41, 5.74) is 4.99. The minimum Gasteiger partial charge on any atom is -0.291 e. The van der Waals surface area contributed by atoms with Crippen LogP contribution in [-0.2, 0) is 26.1 Å². The van der Waals surface area contributed by atoms with E-state index in [4.69, 9.17) is 11.6 Å². The minimum atomic E-state index is -0.186. The van der Waals surface area contributed by atoms with Crippen LogP contribution in [0.4, 0.5) is 4.39 Å². The lowest BCUT2D eigenvalue weighted by molar-refractivity contribution is 0.275. The van der Waals surface area contributed by atoms with Gasteiger partial charge in [-0.15, -0.1) is 0 Å². The average Bonchev–Trinajstić information content (AvgIpc) is 2.84. The molecule has 0 radical (unpaired) electrons. The van der Waals surface area contributed by atoms with Crippen LogP contribution in [0.2, 0.25) is 5.02 Å². The number of nitrogens with zero attached hydrogens (tertiary/aromatic N) is 1. The summed E-state index contributed by atoms with van der Waals surface area (Å²) in [6, 6.07) is 11.0. The number of hydrogen-bond donors (Lipinski definition) is 0. The number of fused-ring (bicyclic) bond motifs is 1.